The first-order valence-corrected chi connectivity index (χ1v) is 7.73. The van der Waals surface area contributed by atoms with Gasteiger partial charge in [-0.2, -0.15) is 5.10 Å². The minimum Gasteiger partial charge on any atom is -0.278 e. The van der Waals surface area contributed by atoms with Crippen LogP contribution in [0.15, 0.2) is 18.3 Å². The van der Waals surface area contributed by atoms with Crippen LogP contribution in [-0.4, -0.2) is 10.2 Å². The number of halogens is 1. The molecule has 2 aromatic rings. The Balaban J connectivity index is 1.72. The van der Waals surface area contributed by atoms with E-state index in [1.165, 1.54) is 56.0 Å². The quantitative estimate of drug-likeness (QED) is 0.843. The van der Waals surface area contributed by atoms with Crippen LogP contribution in [0.1, 0.15) is 44.1 Å². The van der Waals surface area contributed by atoms with E-state index in [2.05, 4.69) is 16.3 Å². The molecule has 5 rings (SSSR count). The van der Waals surface area contributed by atoms with Crippen molar-refractivity contribution in [2.45, 2.75) is 44.9 Å². The van der Waals surface area contributed by atoms with Crippen LogP contribution < -0.4 is 0 Å². The molecule has 1 N–H and O–H groups in total. The molecule has 3 heteroatoms. The molecular weight excluding hydrogens is 256 g/mol. The minimum absolute atomic E-state index is 0.539. The minimum atomic E-state index is 0.539. The average molecular weight is 275 g/mol. The fourth-order valence-corrected chi connectivity index (χ4v) is 4.49. The SMILES string of the molecule is Clc1cc(CC23CCC(CC2)CC3)c2[nH]ncc2c1. The van der Waals surface area contributed by atoms with E-state index in [0.717, 1.165) is 16.3 Å². The lowest BCUT2D eigenvalue weighted by Crippen LogP contribution is -2.35. The van der Waals surface area contributed by atoms with Gasteiger partial charge in [0.25, 0.3) is 0 Å². The monoisotopic (exact) mass is 274 g/mol. The van der Waals surface area contributed by atoms with Crippen LogP contribution in [0, 0.1) is 11.3 Å². The van der Waals surface area contributed by atoms with Crippen molar-refractivity contribution in [3.8, 4) is 0 Å². The molecule has 0 unspecified atom stereocenters. The average Bonchev–Trinajstić information content (AvgIpc) is 2.88. The molecule has 3 aliphatic rings. The number of nitrogens with one attached hydrogen (secondary N) is 1. The second kappa shape index (κ2) is 4.24. The summed E-state index contributed by atoms with van der Waals surface area (Å²) in [5.74, 6) is 1.02. The van der Waals surface area contributed by atoms with Crippen LogP contribution in [0.2, 0.25) is 5.02 Å². The molecule has 3 fully saturated rings. The lowest BCUT2D eigenvalue weighted by molar-refractivity contribution is 0.0656. The summed E-state index contributed by atoms with van der Waals surface area (Å²) in [6.45, 7) is 0. The Bertz CT molecular complexity index is 594. The van der Waals surface area contributed by atoms with Gasteiger partial charge in [-0.15, -0.1) is 0 Å². The van der Waals surface area contributed by atoms with Gasteiger partial charge < -0.3 is 0 Å². The van der Waals surface area contributed by atoms with Crippen molar-refractivity contribution >= 4 is 22.5 Å². The fourth-order valence-electron chi connectivity index (χ4n) is 4.24. The van der Waals surface area contributed by atoms with E-state index in [9.17, 15) is 0 Å². The Kier molecular flexibility index (Phi) is 2.63. The molecule has 1 heterocycles. The van der Waals surface area contributed by atoms with Crippen molar-refractivity contribution in [2.24, 2.45) is 11.3 Å². The third kappa shape index (κ3) is 1.97. The summed E-state index contributed by atoms with van der Waals surface area (Å²) >= 11 is 6.26. The van der Waals surface area contributed by atoms with Gasteiger partial charge in [-0.3, -0.25) is 5.10 Å². The van der Waals surface area contributed by atoms with Crippen LogP contribution in [0.3, 0.4) is 0 Å². The van der Waals surface area contributed by atoms with Gasteiger partial charge in [0.05, 0.1) is 11.7 Å². The van der Waals surface area contributed by atoms with E-state index >= 15 is 0 Å². The van der Waals surface area contributed by atoms with Crippen molar-refractivity contribution < 1.29 is 0 Å². The molecule has 0 amide bonds. The molecule has 1 aromatic heterocycles. The number of aromatic nitrogens is 2. The van der Waals surface area contributed by atoms with E-state index in [1.54, 1.807) is 0 Å². The van der Waals surface area contributed by atoms with Gasteiger partial charge in [-0.25, -0.2) is 0 Å². The summed E-state index contributed by atoms with van der Waals surface area (Å²) < 4.78 is 0. The first-order valence-electron chi connectivity index (χ1n) is 7.36. The summed E-state index contributed by atoms with van der Waals surface area (Å²) in [6, 6.07) is 4.14. The molecule has 19 heavy (non-hydrogen) atoms. The molecule has 2 nitrogen and oxygen atoms in total. The van der Waals surface area contributed by atoms with Crippen LogP contribution in [0.5, 0.6) is 0 Å². The number of nitrogens with zero attached hydrogens (tertiary/aromatic N) is 1. The molecule has 1 aromatic carbocycles. The number of benzene rings is 1. The topological polar surface area (TPSA) is 28.7 Å². The highest BCUT2D eigenvalue weighted by molar-refractivity contribution is 6.31. The van der Waals surface area contributed by atoms with Crippen LogP contribution in [0.25, 0.3) is 10.9 Å². The van der Waals surface area contributed by atoms with Gasteiger partial charge in [0.2, 0.25) is 0 Å². The van der Waals surface area contributed by atoms with Gasteiger partial charge in [0.15, 0.2) is 0 Å². The summed E-state index contributed by atoms with van der Waals surface area (Å²) in [5, 5.41) is 9.30. The predicted molar refractivity (Wildman–Crippen MR) is 78.4 cm³/mol. The summed E-state index contributed by atoms with van der Waals surface area (Å²) in [4.78, 5) is 0. The Morgan fingerprint density at radius 1 is 1.21 bits per heavy atom. The zero-order chi connectivity index (χ0) is 12.9. The molecule has 0 atom stereocenters. The number of aromatic amines is 1. The van der Waals surface area contributed by atoms with Gasteiger partial charge in [-0.1, -0.05) is 11.6 Å². The number of fused-ring (bicyclic) bond motifs is 4. The highest BCUT2D eigenvalue weighted by atomic mass is 35.5. The van der Waals surface area contributed by atoms with Crippen LogP contribution >= 0.6 is 11.6 Å². The van der Waals surface area contributed by atoms with E-state index in [4.69, 9.17) is 11.6 Å². The Labute approximate surface area is 118 Å². The standard InChI is InChI=1S/C16H19ClN2/c17-14-7-12(15-13(8-14)10-18-19-15)9-16-4-1-11(2-5-16)3-6-16/h7-8,10-11H,1-6,9H2,(H,18,19). The van der Waals surface area contributed by atoms with Gasteiger partial charge >= 0.3 is 0 Å². The van der Waals surface area contributed by atoms with Crippen molar-refractivity contribution in [1.82, 2.24) is 10.2 Å². The highest BCUT2D eigenvalue weighted by Crippen LogP contribution is 2.52. The van der Waals surface area contributed by atoms with E-state index in [-0.39, 0.29) is 0 Å². The normalized spacial score (nSPS) is 30.1. The maximum atomic E-state index is 6.26. The molecule has 3 saturated carbocycles. The maximum Gasteiger partial charge on any atom is 0.0683 e. The lowest BCUT2D eigenvalue weighted by atomic mass is 9.58. The zero-order valence-corrected chi connectivity index (χ0v) is 11.8. The van der Waals surface area contributed by atoms with Crippen molar-refractivity contribution in [2.75, 3.05) is 0 Å². The molecule has 100 valence electrons. The molecule has 0 radical (unpaired) electrons. The Morgan fingerprint density at radius 2 is 1.95 bits per heavy atom. The first-order chi connectivity index (χ1) is 9.24. The van der Waals surface area contributed by atoms with Crippen molar-refractivity contribution in [3.63, 3.8) is 0 Å². The van der Waals surface area contributed by atoms with E-state index < -0.39 is 0 Å². The third-order valence-electron chi connectivity index (χ3n) is 5.41. The van der Waals surface area contributed by atoms with Crippen LogP contribution in [-0.2, 0) is 6.42 Å². The second-order valence-corrected chi connectivity index (χ2v) is 6.99. The molecule has 2 bridgehead atoms. The van der Waals surface area contributed by atoms with E-state index in [1.807, 2.05) is 12.3 Å². The second-order valence-electron chi connectivity index (χ2n) is 6.56. The molecular formula is C16H19ClN2. The van der Waals surface area contributed by atoms with Gasteiger partial charge in [0.1, 0.15) is 0 Å². The summed E-state index contributed by atoms with van der Waals surface area (Å²) in [7, 11) is 0. The van der Waals surface area contributed by atoms with Crippen molar-refractivity contribution in [1.29, 1.82) is 0 Å². The molecule has 0 spiro atoms. The molecule has 0 aliphatic heterocycles. The predicted octanol–water partition coefficient (Wildman–Crippen LogP) is 4.73. The largest absolute Gasteiger partial charge is 0.278 e. The third-order valence-corrected chi connectivity index (χ3v) is 5.63. The maximum absolute atomic E-state index is 6.26. The molecule has 3 aliphatic carbocycles. The summed E-state index contributed by atoms with van der Waals surface area (Å²) in [5.41, 5.74) is 3.09. The van der Waals surface area contributed by atoms with Gasteiger partial charge in [-0.05, 0) is 74.0 Å². The van der Waals surface area contributed by atoms with Crippen molar-refractivity contribution in [3.05, 3.63) is 28.9 Å². The lowest BCUT2D eigenvalue weighted by Gasteiger charge is -2.47. The number of H-pyrrole nitrogens is 1. The molecule has 0 saturated heterocycles. The Hall–Kier alpha value is -1.02. The zero-order valence-electron chi connectivity index (χ0n) is 11.1. The van der Waals surface area contributed by atoms with Crippen LogP contribution in [0.4, 0.5) is 0 Å². The highest BCUT2D eigenvalue weighted by Gasteiger charge is 2.40. The Morgan fingerprint density at radius 3 is 2.68 bits per heavy atom. The summed E-state index contributed by atoms with van der Waals surface area (Å²) in [6.07, 6.45) is 11.6. The van der Waals surface area contributed by atoms with E-state index in [0.29, 0.717) is 5.41 Å². The number of hydrogen-bond donors (Lipinski definition) is 1. The fraction of sp³-hybridized carbons (Fsp3) is 0.562. The number of rotatable bonds is 2. The van der Waals surface area contributed by atoms with Gasteiger partial charge in [0, 0.05) is 10.4 Å². The first kappa shape index (κ1) is 11.8. The smallest absolute Gasteiger partial charge is 0.0683 e. The number of hydrogen-bond acceptors (Lipinski definition) is 1.